The molecule has 0 aromatic rings. The van der Waals surface area contributed by atoms with E-state index < -0.39 is 9.68 Å². The topological polar surface area (TPSA) is 43.1 Å². The van der Waals surface area contributed by atoms with Gasteiger partial charge in [0, 0.05) is 0 Å². The second kappa shape index (κ2) is 3.63. The molecular formula is C2H5NOSi. The normalized spacial score (nSPS) is 8.20. The number of carbonyl (C=O) groups excluding carboxylic acids is 1. The van der Waals surface area contributed by atoms with E-state index in [9.17, 15) is 4.79 Å². The molecule has 0 unspecified atom stereocenters. The van der Waals surface area contributed by atoms with Crippen LogP contribution in [0.2, 0.25) is 0 Å². The van der Waals surface area contributed by atoms with Crippen molar-refractivity contribution in [2.75, 3.05) is 0 Å². The zero-order valence-electron chi connectivity index (χ0n) is 2.77. The predicted octanol–water partition coefficient (Wildman–Crippen LogP) is -1.63. The number of hydrogen-bond donors (Lipinski definition) is 1. The molecule has 0 amide bonds. The molecule has 0 bridgehead atoms. The number of hydrogen-bond acceptors (Lipinski definition) is 2. The van der Waals surface area contributed by atoms with Crippen LogP contribution < -0.4 is 5.40 Å². The highest BCUT2D eigenvalue weighted by molar-refractivity contribution is 6.40. The molecule has 0 atom stereocenters. The molecule has 0 fully saturated rings. The Morgan fingerprint density at radius 1 is 2.00 bits per heavy atom. The molecular weight excluding hydrogens is 82.1 g/mol. The number of nitrogens with two attached hydrogens (primary N) is 1. The third kappa shape index (κ3) is 3.63. The van der Waals surface area contributed by atoms with Crippen LogP contribution in [0.3, 0.4) is 0 Å². The Kier molecular flexibility index (Phi) is 3.36. The van der Waals surface area contributed by atoms with E-state index in [-0.39, 0.29) is 0 Å². The monoisotopic (exact) mass is 87.0 g/mol. The highest BCUT2D eigenvalue weighted by Crippen LogP contribution is 1.33. The Balaban J connectivity index is 2.93. The van der Waals surface area contributed by atoms with Gasteiger partial charge < -0.3 is 5.40 Å². The van der Waals surface area contributed by atoms with Gasteiger partial charge in [-0.05, 0) is 5.70 Å². The maximum Gasteiger partial charge on any atom is 0.126 e. The van der Waals surface area contributed by atoms with Gasteiger partial charge in [-0.15, -0.1) is 0 Å². The Morgan fingerprint density at radius 3 is 2.60 bits per heavy atom. The van der Waals surface area contributed by atoms with Crippen LogP contribution in [0, 0.1) is 0 Å². The minimum atomic E-state index is -0.635. The molecule has 0 radical (unpaired) electrons. The molecule has 0 spiro atoms. The molecule has 3 heteroatoms. The van der Waals surface area contributed by atoms with E-state index in [1.54, 1.807) is 5.94 Å². The molecule has 5 heavy (non-hydrogen) atoms. The fourth-order valence-corrected chi connectivity index (χ4v) is 0.144. The average molecular weight is 87.2 g/mol. The van der Waals surface area contributed by atoms with Gasteiger partial charge in [0.1, 0.15) is 15.6 Å². The SMILES string of the molecule is N[SiH2]C=C=O. The smallest absolute Gasteiger partial charge is 0.126 e. The van der Waals surface area contributed by atoms with Crippen LogP contribution >= 0.6 is 0 Å². The third-order valence-corrected chi connectivity index (χ3v) is 0.604. The van der Waals surface area contributed by atoms with Crippen molar-refractivity contribution in [3.05, 3.63) is 5.70 Å². The Morgan fingerprint density at radius 2 is 2.60 bits per heavy atom. The first kappa shape index (κ1) is 4.63. The molecule has 0 saturated heterocycles. The highest BCUT2D eigenvalue weighted by atomic mass is 28.2. The Labute approximate surface area is 32.6 Å². The van der Waals surface area contributed by atoms with Gasteiger partial charge in [-0.1, -0.05) is 0 Å². The van der Waals surface area contributed by atoms with Gasteiger partial charge in [0.25, 0.3) is 0 Å². The van der Waals surface area contributed by atoms with Crippen molar-refractivity contribution in [3.8, 4) is 0 Å². The highest BCUT2D eigenvalue weighted by Gasteiger charge is 1.55. The first-order valence-electron chi connectivity index (χ1n) is 1.31. The van der Waals surface area contributed by atoms with Gasteiger partial charge in [-0.25, -0.2) is 4.79 Å². The third-order valence-electron chi connectivity index (χ3n) is 0.201. The summed E-state index contributed by atoms with van der Waals surface area (Å²) in [4.78, 5) is 9.18. The van der Waals surface area contributed by atoms with Crippen molar-refractivity contribution in [1.29, 1.82) is 0 Å². The maximum absolute atomic E-state index is 9.18. The van der Waals surface area contributed by atoms with Crippen molar-refractivity contribution in [2.45, 2.75) is 0 Å². The van der Waals surface area contributed by atoms with Gasteiger partial charge in [0.2, 0.25) is 0 Å². The zero-order chi connectivity index (χ0) is 4.12. The second-order valence-electron chi connectivity index (χ2n) is 0.558. The molecule has 0 rings (SSSR count). The Hall–Kier alpha value is -0.373. The van der Waals surface area contributed by atoms with Crippen molar-refractivity contribution in [1.82, 2.24) is 0 Å². The first-order valence-corrected chi connectivity index (χ1v) is 2.94. The molecule has 0 aliphatic heterocycles. The van der Waals surface area contributed by atoms with Gasteiger partial charge in [-0.2, -0.15) is 0 Å². The predicted molar refractivity (Wildman–Crippen MR) is 23.0 cm³/mol. The lowest BCUT2D eigenvalue weighted by Gasteiger charge is -1.56. The molecule has 2 N–H and O–H groups in total. The van der Waals surface area contributed by atoms with Crippen LogP contribution in [-0.2, 0) is 4.79 Å². The molecule has 0 aromatic carbocycles. The summed E-state index contributed by atoms with van der Waals surface area (Å²) in [6.07, 6.45) is 0. The summed E-state index contributed by atoms with van der Waals surface area (Å²) in [5.74, 6) is 1.58. The summed E-state index contributed by atoms with van der Waals surface area (Å²) in [6.45, 7) is 0. The minimum Gasteiger partial charge on any atom is -0.352 e. The quantitative estimate of drug-likeness (QED) is 0.308. The number of rotatable bonds is 1. The fourth-order valence-electron chi connectivity index (χ4n) is 0.0481. The molecule has 0 heterocycles. The van der Waals surface area contributed by atoms with E-state index in [4.69, 9.17) is 5.40 Å². The summed E-state index contributed by atoms with van der Waals surface area (Å²) in [5, 5.41) is 4.96. The van der Waals surface area contributed by atoms with Crippen LogP contribution in [0.1, 0.15) is 0 Å². The lowest BCUT2D eigenvalue weighted by molar-refractivity contribution is 0.569. The molecule has 2 nitrogen and oxygen atoms in total. The molecule has 28 valence electrons. The summed E-state index contributed by atoms with van der Waals surface area (Å²) >= 11 is 0. The van der Waals surface area contributed by atoms with Gasteiger partial charge >= 0.3 is 0 Å². The maximum atomic E-state index is 9.18. The van der Waals surface area contributed by atoms with Gasteiger partial charge in [0.15, 0.2) is 0 Å². The van der Waals surface area contributed by atoms with E-state index >= 15 is 0 Å². The van der Waals surface area contributed by atoms with E-state index in [0.29, 0.717) is 0 Å². The molecule has 0 aliphatic carbocycles. The van der Waals surface area contributed by atoms with Gasteiger partial charge in [0.05, 0.1) is 0 Å². The molecule has 0 aliphatic rings. The summed E-state index contributed by atoms with van der Waals surface area (Å²) in [6, 6.07) is 0. The summed E-state index contributed by atoms with van der Waals surface area (Å²) in [5.41, 5.74) is 1.36. The van der Waals surface area contributed by atoms with Crippen molar-refractivity contribution >= 4 is 15.6 Å². The molecule has 0 saturated carbocycles. The van der Waals surface area contributed by atoms with E-state index in [1.807, 2.05) is 0 Å². The van der Waals surface area contributed by atoms with Crippen molar-refractivity contribution in [2.24, 2.45) is 5.40 Å². The largest absolute Gasteiger partial charge is 0.352 e. The van der Waals surface area contributed by atoms with Crippen LogP contribution in [0.5, 0.6) is 0 Å². The fraction of sp³-hybridized carbons (Fsp3) is 0. The van der Waals surface area contributed by atoms with E-state index in [1.165, 1.54) is 5.70 Å². The van der Waals surface area contributed by atoms with Crippen LogP contribution in [0.4, 0.5) is 0 Å². The van der Waals surface area contributed by atoms with Crippen LogP contribution in [0.15, 0.2) is 5.70 Å². The van der Waals surface area contributed by atoms with Crippen LogP contribution in [0.25, 0.3) is 0 Å². The first-order chi connectivity index (χ1) is 2.41. The summed E-state index contributed by atoms with van der Waals surface area (Å²) in [7, 11) is -0.635. The minimum absolute atomic E-state index is 0.635. The van der Waals surface area contributed by atoms with E-state index in [2.05, 4.69) is 0 Å². The summed E-state index contributed by atoms with van der Waals surface area (Å²) < 4.78 is 0. The Bertz CT molecular complexity index is 56.7. The van der Waals surface area contributed by atoms with E-state index in [0.717, 1.165) is 0 Å². The lowest BCUT2D eigenvalue weighted by Crippen LogP contribution is -1.98. The zero-order valence-corrected chi connectivity index (χ0v) is 4.18. The van der Waals surface area contributed by atoms with Gasteiger partial charge in [-0.3, -0.25) is 0 Å². The standard InChI is InChI=1S/C2H5NOSi/c3-5-2-1-4/h2H,3,5H2. The van der Waals surface area contributed by atoms with Crippen molar-refractivity contribution < 1.29 is 4.79 Å². The molecule has 0 aromatic heterocycles. The lowest BCUT2D eigenvalue weighted by atomic mass is 11.2. The van der Waals surface area contributed by atoms with Crippen molar-refractivity contribution in [3.63, 3.8) is 0 Å². The second-order valence-corrected chi connectivity index (χ2v) is 1.44. The average Bonchev–Trinajstić information content (AvgIpc) is 1.41. The van der Waals surface area contributed by atoms with Crippen LogP contribution in [-0.4, -0.2) is 15.6 Å².